The van der Waals surface area contributed by atoms with E-state index in [1.165, 1.54) is 7.11 Å². The Morgan fingerprint density at radius 2 is 1.92 bits per heavy atom. The third-order valence-corrected chi connectivity index (χ3v) is 4.56. The highest BCUT2D eigenvalue weighted by atomic mass is 16.5. The van der Waals surface area contributed by atoms with Gasteiger partial charge in [0.25, 0.3) is 0 Å². The molecule has 0 spiro atoms. The lowest BCUT2D eigenvalue weighted by Crippen LogP contribution is -2.31. The second-order valence-corrected chi connectivity index (χ2v) is 5.96. The molecular weight excluding hydrogens is 310 g/mol. The Balaban J connectivity index is 2.08. The zero-order valence-electron chi connectivity index (χ0n) is 14.2. The number of rotatable bonds is 4. The summed E-state index contributed by atoms with van der Waals surface area (Å²) in [5.41, 5.74) is 1.02. The summed E-state index contributed by atoms with van der Waals surface area (Å²) >= 11 is 0. The van der Waals surface area contributed by atoms with Crippen LogP contribution < -0.4 is 15.1 Å². The zero-order valence-corrected chi connectivity index (χ0v) is 14.2. The maximum absolute atomic E-state index is 12.4. The van der Waals surface area contributed by atoms with Crippen molar-refractivity contribution in [1.29, 1.82) is 0 Å². The number of carbonyl (C=O) groups excluding carboxylic acids is 1. The van der Waals surface area contributed by atoms with Crippen molar-refractivity contribution >= 4 is 16.9 Å². The SMILES string of the molecule is COc1cc(OC)c2c(C)c(CC(=O)N3CCCC3)c(=O)oc2c1. The van der Waals surface area contributed by atoms with Crippen LogP contribution in [-0.4, -0.2) is 38.1 Å². The molecule has 0 unspecified atom stereocenters. The Bertz CT molecular complexity index is 833. The summed E-state index contributed by atoms with van der Waals surface area (Å²) in [6.07, 6.45) is 2.09. The lowest BCUT2D eigenvalue weighted by Gasteiger charge is -2.16. The van der Waals surface area contributed by atoms with Gasteiger partial charge < -0.3 is 18.8 Å². The van der Waals surface area contributed by atoms with Crippen LogP contribution in [0.4, 0.5) is 0 Å². The van der Waals surface area contributed by atoms with E-state index in [9.17, 15) is 9.59 Å². The fourth-order valence-electron chi connectivity index (χ4n) is 3.19. The van der Waals surface area contributed by atoms with Gasteiger partial charge in [0.1, 0.15) is 17.1 Å². The highest BCUT2D eigenvalue weighted by Crippen LogP contribution is 2.33. The summed E-state index contributed by atoms with van der Waals surface area (Å²) in [5, 5.41) is 0.696. The fraction of sp³-hybridized carbons (Fsp3) is 0.444. The molecule has 1 aliphatic rings. The normalized spacial score (nSPS) is 14.2. The summed E-state index contributed by atoms with van der Waals surface area (Å²) in [7, 11) is 3.09. The van der Waals surface area contributed by atoms with Crippen molar-refractivity contribution in [3.8, 4) is 11.5 Å². The van der Waals surface area contributed by atoms with Crippen molar-refractivity contribution < 1.29 is 18.7 Å². The van der Waals surface area contributed by atoms with Crippen LogP contribution >= 0.6 is 0 Å². The van der Waals surface area contributed by atoms with Gasteiger partial charge in [0.05, 0.1) is 31.6 Å². The predicted molar refractivity (Wildman–Crippen MR) is 89.8 cm³/mol. The van der Waals surface area contributed by atoms with Crippen molar-refractivity contribution in [2.24, 2.45) is 0 Å². The molecule has 0 bridgehead atoms. The average molecular weight is 331 g/mol. The Hall–Kier alpha value is -2.50. The number of hydrogen-bond donors (Lipinski definition) is 0. The largest absolute Gasteiger partial charge is 0.496 e. The molecule has 6 nitrogen and oxygen atoms in total. The molecular formula is C18H21NO5. The van der Waals surface area contributed by atoms with E-state index >= 15 is 0 Å². The molecule has 2 heterocycles. The van der Waals surface area contributed by atoms with E-state index in [1.54, 1.807) is 24.1 Å². The van der Waals surface area contributed by atoms with E-state index in [2.05, 4.69) is 0 Å². The molecule has 24 heavy (non-hydrogen) atoms. The lowest BCUT2D eigenvalue weighted by molar-refractivity contribution is -0.129. The summed E-state index contributed by atoms with van der Waals surface area (Å²) < 4.78 is 16.1. The predicted octanol–water partition coefficient (Wildman–Crippen LogP) is 2.28. The maximum Gasteiger partial charge on any atom is 0.340 e. The van der Waals surface area contributed by atoms with Gasteiger partial charge in [-0.05, 0) is 25.3 Å². The second kappa shape index (κ2) is 6.55. The fourth-order valence-corrected chi connectivity index (χ4v) is 3.19. The molecule has 0 N–H and O–H groups in total. The second-order valence-electron chi connectivity index (χ2n) is 5.96. The molecule has 128 valence electrons. The third-order valence-electron chi connectivity index (χ3n) is 4.56. The monoisotopic (exact) mass is 331 g/mol. The van der Waals surface area contributed by atoms with Crippen LogP contribution in [0.2, 0.25) is 0 Å². The van der Waals surface area contributed by atoms with Gasteiger partial charge in [0.2, 0.25) is 5.91 Å². The smallest absolute Gasteiger partial charge is 0.340 e. The first-order valence-electron chi connectivity index (χ1n) is 8.01. The van der Waals surface area contributed by atoms with Crippen molar-refractivity contribution in [1.82, 2.24) is 4.90 Å². The molecule has 1 aromatic carbocycles. The standard InChI is InChI=1S/C18H21NO5/c1-11-13(10-16(20)19-6-4-5-7-19)18(21)24-15-9-12(22-2)8-14(23-3)17(11)15/h8-9H,4-7,10H2,1-3H3. The number of carbonyl (C=O) groups is 1. The van der Waals surface area contributed by atoms with Crippen LogP contribution in [0.25, 0.3) is 11.0 Å². The minimum atomic E-state index is -0.483. The zero-order chi connectivity index (χ0) is 17.3. The Morgan fingerprint density at radius 3 is 2.54 bits per heavy atom. The first kappa shape index (κ1) is 16.4. The number of likely N-dealkylation sites (tertiary alicyclic amines) is 1. The number of aryl methyl sites for hydroxylation is 1. The van der Waals surface area contributed by atoms with Crippen LogP contribution in [-0.2, 0) is 11.2 Å². The lowest BCUT2D eigenvalue weighted by atomic mass is 10.0. The van der Waals surface area contributed by atoms with Crippen molar-refractivity contribution in [2.45, 2.75) is 26.2 Å². The highest BCUT2D eigenvalue weighted by molar-refractivity contribution is 5.90. The number of ether oxygens (including phenoxy) is 2. The quantitative estimate of drug-likeness (QED) is 0.804. The van der Waals surface area contributed by atoms with E-state index in [1.807, 2.05) is 6.92 Å². The molecule has 1 aliphatic heterocycles. The third kappa shape index (κ3) is 2.84. The van der Waals surface area contributed by atoms with Gasteiger partial charge in [0.15, 0.2) is 0 Å². The van der Waals surface area contributed by atoms with Crippen LogP contribution in [0.1, 0.15) is 24.0 Å². The summed E-state index contributed by atoms with van der Waals surface area (Å²) in [6, 6.07) is 3.39. The van der Waals surface area contributed by atoms with Gasteiger partial charge in [-0.3, -0.25) is 4.79 Å². The van der Waals surface area contributed by atoms with Gasteiger partial charge in [-0.25, -0.2) is 4.79 Å². The number of benzene rings is 1. The minimum Gasteiger partial charge on any atom is -0.496 e. The molecule has 0 atom stereocenters. The molecule has 6 heteroatoms. The van der Waals surface area contributed by atoms with E-state index in [0.29, 0.717) is 33.6 Å². The summed E-state index contributed by atoms with van der Waals surface area (Å²) in [5.74, 6) is 1.07. The van der Waals surface area contributed by atoms with Gasteiger partial charge in [-0.1, -0.05) is 0 Å². The van der Waals surface area contributed by atoms with E-state index in [4.69, 9.17) is 13.9 Å². The first-order valence-corrected chi connectivity index (χ1v) is 8.01. The molecule has 2 aromatic rings. The van der Waals surface area contributed by atoms with Crippen LogP contribution in [0.3, 0.4) is 0 Å². The van der Waals surface area contributed by atoms with Gasteiger partial charge in [-0.15, -0.1) is 0 Å². The molecule has 0 saturated carbocycles. The molecule has 1 aromatic heterocycles. The van der Waals surface area contributed by atoms with Crippen molar-refractivity contribution in [2.75, 3.05) is 27.3 Å². The highest BCUT2D eigenvalue weighted by Gasteiger charge is 2.23. The molecule has 1 saturated heterocycles. The number of hydrogen-bond acceptors (Lipinski definition) is 5. The van der Waals surface area contributed by atoms with E-state index in [-0.39, 0.29) is 12.3 Å². The first-order chi connectivity index (χ1) is 11.5. The molecule has 1 fully saturated rings. The van der Waals surface area contributed by atoms with Crippen LogP contribution in [0.15, 0.2) is 21.3 Å². The number of amides is 1. The topological polar surface area (TPSA) is 69.0 Å². The molecule has 3 rings (SSSR count). The maximum atomic E-state index is 12.4. The number of nitrogens with zero attached hydrogens (tertiary/aromatic N) is 1. The Labute approximate surface area is 140 Å². The van der Waals surface area contributed by atoms with Crippen molar-refractivity contribution in [3.63, 3.8) is 0 Å². The van der Waals surface area contributed by atoms with Crippen molar-refractivity contribution in [3.05, 3.63) is 33.7 Å². The minimum absolute atomic E-state index is 0.0327. The molecule has 0 radical (unpaired) electrons. The number of methoxy groups -OCH3 is 2. The Kier molecular flexibility index (Phi) is 4.46. The average Bonchev–Trinajstić information content (AvgIpc) is 3.11. The Morgan fingerprint density at radius 1 is 1.21 bits per heavy atom. The van der Waals surface area contributed by atoms with Crippen LogP contribution in [0, 0.1) is 6.92 Å². The molecule has 1 amide bonds. The summed E-state index contributed by atoms with van der Waals surface area (Å²) in [4.78, 5) is 26.6. The van der Waals surface area contributed by atoms with E-state index < -0.39 is 5.63 Å². The number of fused-ring (bicyclic) bond motifs is 1. The van der Waals surface area contributed by atoms with Gasteiger partial charge in [-0.2, -0.15) is 0 Å². The van der Waals surface area contributed by atoms with Crippen LogP contribution in [0.5, 0.6) is 11.5 Å². The van der Waals surface area contributed by atoms with E-state index in [0.717, 1.165) is 25.9 Å². The van der Waals surface area contributed by atoms with Gasteiger partial charge in [0, 0.05) is 25.2 Å². The van der Waals surface area contributed by atoms with Gasteiger partial charge >= 0.3 is 5.63 Å². The molecule has 0 aliphatic carbocycles. The summed E-state index contributed by atoms with van der Waals surface area (Å²) in [6.45, 7) is 3.34.